The van der Waals surface area contributed by atoms with E-state index in [1.54, 1.807) is 30.6 Å². The molecule has 2 aromatic heterocycles. The molecule has 0 radical (unpaired) electrons. The monoisotopic (exact) mass is 316 g/mol. The lowest BCUT2D eigenvalue weighted by atomic mass is 10.2. The Labute approximate surface area is 130 Å². The average molecular weight is 317 g/mol. The molecule has 0 atom stereocenters. The highest BCUT2D eigenvalue weighted by Crippen LogP contribution is 2.21. The number of carbonyl (C=O) groups is 1. The molecule has 2 N–H and O–H groups in total. The summed E-state index contributed by atoms with van der Waals surface area (Å²) in [6.07, 6.45) is 3.29. The molecular weight excluding hydrogens is 307 g/mol. The van der Waals surface area contributed by atoms with Crippen LogP contribution in [0.3, 0.4) is 0 Å². The highest BCUT2D eigenvalue weighted by atomic mass is 35.5. The summed E-state index contributed by atoms with van der Waals surface area (Å²) < 4.78 is 13.1. The van der Waals surface area contributed by atoms with E-state index >= 15 is 0 Å². The summed E-state index contributed by atoms with van der Waals surface area (Å²) in [5.41, 5.74) is 2.16. The van der Waals surface area contributed by atoms with Crippen LogP contribution in [0.1, 0.15) is 10.5 Å². The quantitative estimate of drug-likeness (QED) is 0.776. The SMILES string of the molecule is O=C(Nc1ccc(F)c(Cl)c1)c1cc(-c2ccncc2)n[nH]1. The number of carbonyl (C=O) groups excluding carboxylic acids is 1. The summed E-state index contributed by atoms with van der Waals surface area (Å²) in [5.74, 6) is -0.934. The highest BCUT2D eigenvalue weighted by molar-refractivity contribution is 6.31. The van der Waals surface area contributed by atoms with Crippen molar-refractivity contribution in [3.63, 3.8) is 0 Å². The number of hydrogen-bond donors (Lipinski definition) is 2. The Balaban J connectivity index is 1.78. The van der Waals surface area contributed by atoms with Crippen LogP contribution in [0.25, 0.3) is 11.3 Å². The van der Waals surface area contributed by atoms with Crippen LogP contribution in [-0.4, -0.2) is 21.1 Å². The minimum absolute atomic E-state index is 0.0557. The van der Waals surface area contributed by atoms with Crippen LogP contribution < -0.4 is 5.32 Å². The minimum Gasteiger partial charge on any atom is -0.321 e. The molecular formula is C15H10ClFN4O. The van der Waals surface area contributed by atoms with E-state index in [0.29, 0.717) is 11.4 Å². The molecule has 3 aromatic rings. The van der Waals surface area contributed by atoms with Gasteiger partial charge < -0.3 is 5.32 Å². The lowest BCUT2D eigenvalue weighted by molar-refractivity contribution is 0.102. The van der Waals surface area contributed by atoms with Crippen molar-refractivity contribution < 1.29 is 9.18 Å². The molecule has 0 saturated carbocycles. The third kappa shape index (κ3) is 2.96. The van der Waals surface area contributed by atoms with Crippen molar-refractivity contribution in [3.8, 4) is 11.3 Å². The number of hydrogen-bond acceptors (Lipinski definition) is 3. The zero-order valence-electron chi connectivity index (χ0n) is 11.2. The Morgan fingerprint density at radius 1 is 1.18 bits per heavy atom. The van der Waals surface area contributed by atoms with Gasteiger partial charge in [0.2, 0.25) is 0 Å². The number of H-pyrrole nitrogens is 1. The molecule has 0 fully saturated rings. The van der Waals surface area contributed by atoms with Gasteiger partial charge in [-0.3, -0.25) is 14.9 Å². The molecule has 0 aliphatic rings. The third-order valence-electron chi connectivity index (χ3n) is 2.98. The number of rotatable bonds is 3. The lowest BCUT2D eigenvalue weighted by Gasteiger charge is -2.04. The molecule has 0 bridgehead atoms. The molecule has 0 unspecified atom stereocenters. The van der Waals surface area contributed by atoms with Crippen molar-refractivity contribution >= 4 is 23.2 Å². The number of nitrogens with zero attached hydrogens (tertiary/aromatic N) is 2. The number of benzene rings is 1. The molecule has 0 aliphatic carbocycles. The van der Waals surface area contributed by atoms with Gasteiger partial charge in [-0.25, -0.2) is 4.39 Å². The smallest absolute Gasteiger partial charge is 0.273 e. The van der Waals surface area contributed by atoms with Crippen LogP contribution in [0.15, 0.2) is 48.8 Å². The van der Waals surface area contributed by atoms with Crippen LogP contribution in [0.4, 0.5) is 10.1 Å². The number of amides is 1. The van der Waals surface area contributed by atoms with Crippen molar-refractivity contribution in [2.75, 3.05) is 5.32 Å². The largest absolute Gasteiger partial charge is 0.321 e. The van der Waals surface area contributed by atoms with E-state index in [9.17, 15) is 9.18 Å². The second-order valence-electron chi connectivity index (χ2n) is 4.49. The Morgan fingerprint density at radius 3 is 2.68 bits per heavy atom. The van der Waals surface area contributed by atoms with Gasteiger partial charge in [0.05, 0.1) is 10.7 Å². The molecule has 0 spiro atoms. The number of anilines is 1. The zero-order valence-corrected chi connectivity index (χ0v) is 11.9. The fourth-order valence-electron chi connectivity index (χ4n) is 1.88. The highest BCUT2D eigenvalue weighted by Gasteiger charge is 2.12. The van der Waals surface area contributed by atoms with Crippen LogP contribution in [-0.2, 0) is 0 Å². The van der Waals surface area contributed by atoms with Crippen molar-refractivity contribution in [1.29, 1.82) is 0 Å². The molecule has 0 saturated heterocycles. The summed E-state index contributed by atoms with van der Waals surface area (Å²) in [4.78, 5) is 16.0. The van der Waals surface area contributed by atoms with E-state index in [4.69, 9.17) is 11.6 Å². The fraction of sp³-hybridized carbons (Fsp3) is 0. The maximum absolute atomic E-state index is 13.1. The first-order chi connectivity index (χ1) is 10.6. The van der Waals surface area contributed by atoms with Gasteiger partial charge >= 0.3 is 0 Å². The standard InChI is InChI=1S/C15H10ClFN4O/c16-11-7-10(1-2-12(11)17)19-15(22)14-8-13(20-21-14)9-3-5-18-6-4-9/h1-8H,(H,19,22)(H,20,21). The first-order valence-electron chi connectivity index (χ1n) is 6.36. The Kier molecular flexibility index (Phi) is 3.84. The average Bonchev–Trinajstić information content (AvgIpc) is 3.02. The van der Waals surface area contributed by atoms with Gasteiger partial charge in [0, 0.05) is 23.6 Å². The summed E-state index contributed by atoms with van der Waals surface area (Å²) in [6.45, 7) is 0. The Hall–Kier alpha value is -2.73. The van der Waals surface area contributed by atoms with E-state index in [1.165, 1.54) is 18.2 Å². The Bertz CT molecular complexity index is 819. The maximum Gasteiger partial charge on any atom is 0.273 e. The lowest BCUT2D eigenvalue weighted by Crippen LogP contribution is -2.12. The number of pyridine rings is 1. The van der Waals surface area contributed by atoms with Gasteiger partial charge in [0.1, 0.15) is 11.5 Å². The summed E-state index contributed by atoms with van der Waals surface area (Å²) in [7, 11) is 0. The number of aromatic nitrogens is 3. The van der Waals surface area contributed by atoms with E-state index < -0.39 is 11.7 Å². The summed E-state index contributed by atoms with van der Waals surface area (Å²) in [6, 6.07) is 9.16. The maximum atomic E-state index is 13.1. The molecule has 0 aliphatic heterocycles. The zero-order chi connectivity index (χ0) is 15.5. The van der Waals surface area contributed by atoms with E-state index in [1.807, 2.05) is 0 Å². The molecule has 22 heavy (non-hydrogen) atoms. The summed E-state index contributed by atoms with van der Waals surface area (Å²) >= 11 is 5.68. The first kappa shape index (κ1) is 14.2. The van der Waals surface area contributed by atoms with Crippen molar-refractivity contribution in [2.24, 2.45) is 0 Å². The van der Waals surface area contributed by atoms with Gasteiger partial charge in [-0.1, -0.05) is 11.6 Å². The van der Waals surface area contributed by atoms with Crippen molar-refractivity contribution in [3.05, 3.63) is 65.3 Å². The molecule has 2 heterocycles. The van der Waals surface area contributed by atoms with Crippen LogP contribution in [0, 0.1) is 5.82 Å². The van der Waals surface area contributed by atoms with Crippen LogP contribution in [0.2, 0.25) is 5.02 Å². The second kappa shape index (κ2) is 5.95. The van der Waals surface area contributed by atoms with Crippen molar-refractivity contribution in [1.82, 2.24) is 15.2 Å². The molecule has 7 heteroatoms. The topological polar surface area (TPSA) is 70.7 Å². The predicted molar refractivity (Wildman–Crippen MR) is 81.2 cm³/mol. The van der Waals surface area contributed by atoms with Gasteiger partial charge in [0.25, 0.3) is 5.91 Å². The van der Waals surface area contributed by atoms with Gasteiger partial charge in [-0.2, -0.15) is 5.10 Å². The Morgan fingerprint density at radius 2 is 1.95 bits per heavy atom. The molecule has 3 rings (SSSR count). The third-order valence-corrected chi connectivity index (χ3v) is 3.27. The van der Waals surface area contributed by atoms with Gasteiger partial charge in [-0.15, -0.1) is 0 Å². The summed E-state index contributed by atoms with van der Waals surface area (Å²) in [5, 5.41) is 9.30. The second-order valence-corrected chi connectivity index (χ2v) is 4.89. The van der Waals surface area contributed by atoms with Gasteiger partial charge in [-0.05, 0) is 36.4 Å². The number of aromatic amines is 1. The van der Waals surface area contributed by atoms with Crippen LogP contribution >= 0.6 is 11.6 Å². The normalized spacial score (nSPS) is 10.5. The fourth-order valence-corrected chi connectivity index (χ4v) is 2.06. The van der Waals surface area contributed by atoms with Crippen molar-refractivity contribution in [2.45, 2.75) is 0 Å². The minimum atomic E-state index is -0.541. The van der Waals surface area contributed by atoms with Gasteiger partial charge in [0.15, 0.2) is 0 Å². The number of halogens is 2. The first-order valence-corrected chi connectivity index (χ1v) is 6.73. The van der Waals surface area contributed by atoms with E-state index in [0.717, 1.165) is 5.56 Å². The molecule has 110 valence electrons. The van der Waals surface area contributed by atoms with Crippen LogP contribution in [0.5, 0.6) is 0 Å². The van der Waals surface area contributed by atoms with E-state index in [-0.39, 0.29) is 10.7 Å². The molecule has 5 nitrogen and oxygen atoms in total. The number of nitrogens with one attached hydrogen (secondary N) is 2. The molecule has 1 amide bonds. The predicted octanol–water partition coefficient (Wildman–Crippen LogP) is 3.52. The van der Waals surface area contributed by atoms with E-state index in [2.05, 4.69) is 20.5 Å². The molecule has 1 aromatic carbocycles.